The molecule has 0 N–H and O–H groups in total. The highest BCUT2D eigenvalue weighted by molar-refractivity contribution is 5.97. The van der Waals surface area contributed by atoms with Crippen LogP contribution in [0.3, 0.4) is 0 Å². The molecule has 0 aromatic carbocycles. The molecule has 16 heavy (non-hydrogen) atoms. The lowest BCUT2D eigenvalue weighted by Crippen LogP contribution is -3.10. The molecule has 0 aromatic heterocycles. The van der Waals surface area contributed by atoms with Gasteiger partial charge in [0.2, 0.25) is 0 Å². The molecule has 6 aliphatic carbocycles. The van der Waals surface area contributed by atoms with Crippen molar-refractivity contribution >= 4 is 5.78 Å². The molecule has 0 aliphatic heterocycles. The minimum atomic E-state index is -0.442. The van der Waals surface area contributed by atoms with Gasteiger partial charge in [-0.05, 0) is 42.4 Å². The third-order valence-corrected chi connectivity index (χ3v) is 6.84. The molecule has 6 aliphatic rings. The van der Waals surface area contributed by atoms with Gasteiger partial charge in [0.05, 0.1) is 17.6 Å². The maximum atomic E-state index is 12.2. The van der Waals surface area contributed by atoms with Crippen molar-refractivity contribution in [3.63, 3.8) is 0 Å². The molecule has 6 fully saturated rings. The minimum absolute atomic E-state index is 0.0257. The van der Waals surface area contributed by atoms with Crippen LogP contribution in [-0.4, -0.2) is 5.78 Å². The number of carbonyl (C=O) groups excluding carboxylic acids is 1. The standard InChI is InChI=1S/C13H10N2O/c1-4(2-14)11(16)13-8-5-9(13)7-10(13)6(8)12(5,7)3-15/h4-10H,1H3. The first kappa shape index (κ1) is 7.85. The van der Waals surface area contributed by atoms with E-state index >= 15 is 0 Å². The first-order valence-electron chi connectivity index (χ1n) is 6.04. The topological polar surface area (TPSA) is 64.7 Å². The molecule has 0 aromatic rings. The van der Waals surface area contributed by atoms with Crippen LogP contribution in [-0.2, 0) is 4.79 Å². The average molecular weight is 210 g/mol. The summed E-state index contributed by atoms with van der Waals surface area (Å²) in [7, 11) is 0. The number of nitrogens with zero attached hydrogens (tertiary/aromatic N) is 2. The molecule has 3 heteroatoms. The molecule has 0 saturated heterocycles. The predicted octanol–water partition coefficient (Wildman–Crippen LogP) is 0.977. The van der Waals surface area contributed by atoms with Crippen molar-refractivity contribution in [1.82, 2.24) is 0 Å². The van der Waals surface area contributed by atoms with E-state index in [1.165, 1.54) is 0 Å². The third kappa shape index (κ3) is 0.317. The molecule has 78 valence electrons. The first-order valence-corrected chi connectivity index (χ1v) is 6.04. The molecular weight excluding hydrogens is 200 g/mol. The fraction of sp³-hybridized carbons (Fsp3) is 0.769. The Hall–Kier alpha value is -1.35. The molecular formula is C13H10N2O. The number of ketones is 1. The number of nitriles is 2. The van der Waals surface area contributed by atoms with E-state index in [0.29, 0.717) is 35.5 Å². The molecule has 1 unspecified atom stereocenters. The highest BCUT2D eigenvalue weighted by Crippen LogP contribution is 3.10. The Balaban J connectivity index is 1.56. The summed E-state index contributed by atoms with van der Waals surface area (Å²) in [6.07, 6.45) is 0. The summed E-state index contributed by atoms with van der Waals surface area (Å²) in [4.78, 5) is 12.2. The average Bonchev–Trinajstić information content (AvgIpc) is 2.36. The van der Waals surface area contributed by atoms with Gasteiger partial charge in [-0.3, -0.25) is 4.79 Å². The predicted molar refractivity (Wildman–Crippen MR) is 51.2 cm³/mol. The second-order valence-corrected chi connectivity index (χ2v) is 6.35. The highest BCUT2D eigenvalue weighted by Gasteiger charge is 3.11. The number of carbonyl (C=O) groups is 1. The number of hydrogen-bond acceptors (Lipinski definition) is 3. The lowest BCUT2D eigenvalue weighted by molar-refractivity contribution is -0.624. The fourth-order valence-electron chi connectivity index (χ4n) is 6.68. The first-order chi connectivity index (χ1) is 7.68. The van der Waals surface area contributed by atoms with Crippen molar-refractivity contribution in [2.24, 2.45) is 52.3 Å². The zero-order valence-electron chi connectivity index (χ0n) is 8.84. The van der Waals surface area contributed by atoms with Gasteiger partial charge >= 0.3 is 0 Å². The molecule has 0 radical (unpaired) electrons. The second kappa shape index (κ2) is 1.63. The van der Waals surface area contributed by atoms with Crippen LogP contribution in [0.2, 0.25) is 0 Å². The summed E-state index contributed by atoms with van der Waals surface area (Å²) in [5.41, 5.74) is -0.0638. The van der Waals surface area contributed by atoms with Gasteiger partial charge in [0.25, 0.3) is 0 Å². The van der Waals surface area contributed by atoms with E-state index in [2.05, 4.69) is 12.1 Å². The lowest BCUT2D eigenvalue weighted by Gasteiger charge is -3.09. The van der Waals surface area contributed by atoms with Crippen LogP contribution in [0, 0.1) is 74.9 Å². The molecule has 0 bridgehead atoms. The smallest absolute Gasteiger partial charge is 0.156 e. The van der Waals surface area contributed by atoms with Crippen molar-refractivity contribution in [3.8, 4) is 12.1 Å². The van der Waals surface area contributed by atoms with Crippen molar-refractivity contribution in [2.45, 2.75) is 6.92 Å². The molecule has 0 amide bonds. The summed E-state index contributed by atoms with van der Waals surface area (Å²) in [5, 5.41) is 18.1. The lowest BCUT2D eigenvalue weighted by atomic mass is 8.92. The Kier molecular flexibility index (Phi) is 0.798. The summed E-state index contributed by atoms with van der Waals surface area (Å²) in [6.45, 7) is 1.73. The Morgan fingerprint density at radius 3 is 2.00 bits per heavy atom. The van der Waals surface area contributed by atoms with Gasteiger partial charge in [0, 0.05) is 5.41 Å². The molecule has 6 saturated carbocycles. The van der Waals surface area contributed by atoms with Gasteiger partial charge in [-0.1, -0.05) is 0 Å². The van der Waals surface area contributed by atoms with Crippen LogP contribution in [0.15, 0.2) is 0 Å². The molecule has 0 heterocycles. The summed E-state index contributed by atoms with van der Waals surface area (Å²) >= 11 is 0. The monoisotopic (exact) mass is 210 g/mol. The van der Waals surface area contributed by atoms with Crippen LogP contribution < -0.4 is 0 Å². The number of Topliss-reactive ketones (excluding diaryl/α,β-unsaturated/α-hetero) is 1. The minimum Gasteiger partial charge on any atom is -0.298 e. The molecule has 3 nitrogen and oxygen atoms in total. The number of hydrogen-bond donors (Lipinski definition) is 0. The largest absolute Gasteiger partial charge is 0.298 e. The quantitative estimate of drug-likeness (QED) is 0.682. The van der Waals surface area contributed by atoms with Crippen LogP contribution in [0.5, 0.6) is 0 Å². The SMILES string of the molecule is CC(C#N)C(=O)C12C3C4C1C1C2C3C41C#N. The van der Waals surface area contributed by atoms with E-state index in [4.69, 9.17) is 5.26 Å². The van der Waals surface area contributed by atoms with E-state index in [1.54, 1.807) is 6.92 Å². The van der Waals surface area contributed by atoms with Crippen LogP contribution in [0.25, 0.3) is 0 Å². The number of rotatable bonds is 2. The molecule has 1 atom stereocenters. The van der Waals surface area contributed by atoms with Gasteiger partial charge in [-0.25, -0.2) is 0 Å². The van der Waals surface area contributed by atoms with Crippen molar-refractivity contribution in [2.75, 3.05) is 0 Å². The zero-order chi connectivity index (χ0) is 11.0. The Bertz CT molecular complexity index is 510. The summed E-state index contributed by atoms with van der Waals surface area (Å²) < 4.78 is 0. The summed E-state index contributed by atoms with van der Waals surface area (Å²) in [6, 6.07) is 4.60. The van der Waals surface area contributed by atoms with E-state index in [9.17, 15) is 10.1 Å². The Morgan fingerprint density at radius 2 is 1.62 bits per heavy atom. The van der Waals surface area contributed by atoms with Gasteiger partial charge < -0.3 is 0 Å². The van der Waals surface area contributed by atoms with Gasteiger partial charge in [-0.2, -0.15) is 10.5 Å². The van der Waals surface area contributed by atoms with Gasteiger partial charge in [0.1, 0.15) is 5.92 Å². The maximum absolute atomic E-state index is 12.2. The van der Waals surface area contributed by atoms with E-state index in [1.807, 2.05) is 0 Å². The Labute approximate surface area is 93.0 Å². The van der Waals surface area contributed by atoms with Gasteiger partial charge in [-0.15, -0.1) is 0 Å². The maximum Gasteiger partial charge on any atom is 0.156 e. The van der Waals surface area contributed by atoms with E-state index in [-0.39, 0.29) is 16.6 Å². The van der Waals surface area contributed by atoms with Crippen LogP contribution in [0.1, 0.15) is 6.92 Å². The second-order valence-electron chi connectivity index (χ2n) is 6.35. The fourth-order valence-corrected chi connectivity index (χ4v) is 6.68. The third-order valence-electron chi connectivity index (χ3n) is 6.84. The van der Waals surface area contributed by atoms with Crippen LogP contribution in [0.4, 0.5) is 0 Å². The van der Waals surface area contributed by atoms with Crippen LogP contribution >= 0.6 is 0 Å². The van der Waals surface area contributed by atoms with E-state index in [0.717, 1.165) is 0 Å². The summed E-state index contributed by atoms with van der Waals surface area (Å²) in [5.74, 6) is 2.93. The van der Waals surface area contributed by atoms with E-state index < -0.39 is 5.92 Å². The highest BCUT2D eigenvalue weighted by atomic mass is 16.1. The molecule has 6 rings (SSSR count). The molecule has 0 spiro atoms. The van der Waals surface area contributed by atoms with Gasteiger partial charge in [0.15, 0.2) is 5.78 Å². The van der Waals surface area contributed by atoms with Crippen molar-refractivity contribution in [3.05, 3.63) is 0 Å². The zero-order valence-corrected chi connectivity index (χ0v) is 8.84. The Morgan fingerprint density at radius 1 is 1.12 bits per heavy atom. The van der Waals surface area contributed by atoms with Crippen molar-refractivity contribution in [1.29, 1.82) is 10.5 Å². The normalized spacial score (nSPS) is 69.9. The van der Waals surface area contributed by atoms with Crippen molar-refractivity contribution < 1.29 is 4.79 Å².